The Morgan fingerprint density at radius 2 is 1.94 bits per heavy atom. The molecule has 16 heavy (non-hydrogen) atoms. The van der Waals surface area contributed by atoms with Crippen molar-refractivity contribution in [3.05, 3.63) is 27.7 Å². The molecule has 2 rings (SSSR count). The molecule has 1 aromatic rings. The molecule has 5 heteroatoms. The van der Waals surface area contributed by atoms with Crippen molar-refractivity contribution in [2.45, 2.75) is 12.8 Å². The van der Waals surface area contributed by atoms with E-state index in [9.17, 15) is 8.78 Å². The molecule has 1 saturated heterocycles. The minimum Gasteiger partial charge on any atom is -0.368 e. The summed E-state index contributed by atoms with van der Waals surface area (Å²) in [6.07, 6.45) is 1.96. The van der Waals surface area contributed by atoms with Crippen LogP contribution in [-0.2, 0) is 0 Å². The van der Waals surface area contributed by atoms with Crippen molar-refractivity contribution in [1.82, 2.24) is 0 Å². The van der Waals surface area contributed by atoms with Gasteiger partial charge in [-0.1, -0.05) is 0 Å². The molecule has 0 amide bonds. The second-order valence-electron chi connectivity index (χ2n) is 3.69. The molecule has 1 aliphatic heterocycles. The fourth-order valence-electron chi connectivity index (χ4n) is 1.90. The summed E-state index contributed by atoms with van der Waals surface area (Å²) in [6, 6.07) is 2.58. The highest BCUT2D eigenvalue weighted by atomic mass is 79.9. The Kier molecular flexibility index (Phi) is 3.10. The van der Waals surface area contributed by atoms with Crippen LogP contribution in [0.15, 0.2) is 10.5 Å². The van der Waals surface area contributed by atoms with Gasteiger partial charge in [0.15, 0.2) is 5.82 Å². The highest BCUT2D eigenvalue weighted by Crippen LogP contribution is 2.35. The van der Waals surface area contributed by atoms with Gasteiger partial charge in [0.1, 0.15) is 11.9 Å². The van der Waals surface area contributed by atoms with Crippen molar-refractivity contribution in [3.8, 4) is 6.07 Å². The van der Waals surface area contributed by atoms with E-state index in [1.54, 1.807) is 11.0 Å². The van der Waals surface area contributed by atoms with Crippen LogP contribution in [0.5, 0.6) is 0 Å². The Hall–Kier alpha value is -1.15. The van der Waals surface area contributed by atoms with Gasteiger partial charge in [-0.3, -0.25) is 0 Å². The van der Waals surface area contributed by atoms with Crippen molar-refractivity contribution in [1.29, 1.82) is 5.26 Å². The second-order valence-corrected chi connectivity index (χ2v) is 4.48. The number of halogens is 3. The van der Waals surface area contributed by atoms with Crippen molar-refractivity contribution in [2.75, 3.05) is 18.0 Å². The first-order chi connectivity index (χ1) is 7.65. The molecule has 0 aromatic heterocycles. The van der Waals surface area contributed by atoms with E-state index in [4.69, 9.17) is 5.26 Å². The lowest BCUT2D eigenvalue weighted by Crippen LogP contribution is -2.20. The maximum atomic E-state index is 13.7. The maximum absolute atomic E-state index is 13.7. The van der Waals surface area contributed by atoms with Gasteiger partial charge in [0.05, 0.1) is 15.7 Å². The number of hydrogen-bond donors (Lipinski definition) is 0. The molecular formula is C11H9BrF2N2. The van der Waals surface area contributed by atoms with Gasteiger partial charge in [-0.25, -0.2) is 8.78 Å². The molecule has 1 aliphatic rings. The van der Waals surface area contributed by atoms with Crippen LogP contribution in [0.2, 0.25) is 0 Å². The maximum Gasteiger partial charge on any atom is 0.157 e. The van der Waals surface area contributed by atoms with Crippen molar-refractivity contribution in [3.63, 3.8) is 0 Å². The number of hydrogen-bond acceptors (Lipinski definition) is 2. The highest BCUT2D eigenvalue weighted by molar-refractivity contribution is 9.10. The van der Waals surface area contributed by atoms with E-state index in [2.05, 4.69) is 15.9 Å². The summed E-state index contributed by atoms with van der Waals surface area (Å²) in [5.41, 5.74) is -0.0404. The average Bonchev–Trinajstić information content (AvgIpc) is 2.77. The van der Waals surface area contributed by atoms with Crippen LogP contribution >= 0.6 is 15.9 Å². The molecule has 84 valence electrons. The lowest BCUT2D eigenvalue weighted by atomic mass is 10.2. The van der Waals surface area contributed by atoms with E-state index in [0.717, 1.165) is 32.0 Å². The smallest absolute Gasteiger partial charge is 0.157 e. The number of anilines is 1. The Balaban J connectivity index is 2.54. The third kappa shape index (κ3) is 1.78. The summed E-state index contributed by atoms with van der Waals surface area (Å²) in [4.78, 5) is 1.80. The monoisotopic (exact) mass is 286 g/mol. The van der Waals surface area contributed by atoms with Crippen molar-refractivity contribution >= 4 is 21.6 Å². The van der Waals surface area contributed by atoms with Gasteiger partial charge >= 0.3 is 0 Å². The molecule has 0 spiro atoms. The molecule has 0 atom stereocenters. The molecule has 0 aliphatic carbocycles. The van der Waals surface area contributed by atoms with E-state index < -0.39 is 11.6 Å². The summed E-state index contributed by atoms with van der Waals surface area (Å²) >= 11 is 3.02. The normalized spacial score (nSPS) is 15.2. The number of benzene rings is 1. The van der Waals surface area contributed by atoms with Crippen molar-refractivity contribution in [2.24, 2.45) is 0 Å². The van der Waals surface area contributed by atoms with E-state index in [0.29, 0.717) is 0 Å². The van der Waals surface area contributed by atoms with E-state index in [1.165, 1.54) is 0 Å². The molecule has 1 fully saturated rings. The first-order valence-electron chi connectivity index (χ1n) is 4.97. The average molecular weight is 287 g/mol. The lowest BCUT2D eigenvalue weighted by molar-refractivity contribution is 0.588. The van der Waals surface area contributed by atoms with Gasteiger partial charge < -0.3 is 4.90 Å². The fourth-order valence-corrected chi connectivity index (χ4v) is 2.55. The predicted molar refractivity (Wildman–Crippen MR) is 60.2 cm³/mol. The molecule has 1 heterocycles. The fraction of sp³-hybridized carbons (Fsp3) is 0.364. The number of nitrogens with zero attached hydrogens (tertiary/aromatic N) is 2. The minimum atomic E-state index is -0.689. The molecular weight excluding hydrogens is 278 g/mol. The molecule has 0 N–H and O–H groups in total. The summed E-state index contributed by atoms with van der Waals surface area (Å²) in [7, 11) is 0. The van der Waals surface area contributed by atoms with Gasteiger partial charge in [-0.2, -0.15) is 5.26 Å². The number of nitriles is 1. The van der Waals surface area contributed by atoms with Gasteiger partial charge in [0, 0.05) is 13.1 Å². The Labute approximate surface area is 101 Å². The van der Waals surface area contributed by atoms with Crippen LogP contribution in [0.3, 0.4) is 0 Å². The SMILES string of the molecule is N#Cc1cc(F)c(N2CCCC2)c(Br)c1F. The molecule has 0 saturated carbocycles. The zero-order chi connectivity index (χ0) is 11.7. The van der Waals surface area contributed by atoms with E-state index in [1.807, 2.05) is 0 Å². The zero-order valence-electron chi connectivity index (χ0n) is 8.43. The van der Waals surface area contributed by atoms with Crippen LogP contribution in [0.25, 0.3) is 0 Å². The van der Waals surface area contributed by atoms with Crippen LogP contribution in [0.4, 0.5) is 14.5 Å². The second kappa shape index (κ2) is 4.38. The van der Waals surface area contributed by atoms with Crippen LogP contribution < -0.4 is 4.90 Å². The largest absolute Gasteiger partial charge is 0.368 e. The molecule has 2 nitrogen and oxygen atoms in total. The first kappa shape index (κ1) is 11.3. The standard InChI is InChI=1S/C11H9BrF2N2/c12-9-10(14)7(6-15)5-8(13)11(9)16-3-1-2-4-16/h5H,1-4H2. The van der Waals surface area contributed by atoms with Crippen LogP contribution in [0.1, 0.15) is 18.4 Å². The van der Waals surface area contributed by atoms with Crippen LogP contribution in [-0.4, -0.2) is 13.1 Å². The molecule has 0 bridgehead atoms. The van der Waals surface area contributed by atoms with Crippen molar-refractivity contribution < 1.29 is 8.78 Å². The van der Waals surface area contributed by atoms with Gasteiger partial charge in [0.25, 0.3) is 0 Å². The Morgan fingerprint density at radius 3 is 2.50 bits per heavy atom. The highest BCUT2D eigenvalue weighted by Gasteiger charge is 2.23. The lowest BCUT2D eigenvalue weighted by Gasteiger charge is -2.20. The predicted octanol–water partition coefficient (Wildman–Crippen LogP) is 3.20. The third-order valence-electron chi connectivity index (χ3n) is 2.68. The van der Waals surface area contributed by atoms with Gasteiger partial charge in [-0.05, 0) is 34.8 Å². The summed E-state index contributed by atoms with van der Waals surface area (Å²) in [5.74, 6) is -1.24. The molecule has 0 unspecified atom stereocenters. The van der Waals surface area contributed by atoms with E-state index in [-0.39, 0.29) is 15.7 Å². The summed E-state index contributed by atoms with van der Waals surface area (Å²) in [5, 5.41) is 8.63. The van der Waals surface area contributed by atoms with E-state index >= 15 is 0 Å². The molecule has 0 radical (unpaired) electrons. The molecule has 1 aromatic carbocycles. The topological polar surface area (TPSA) is 27.0 Å². The van der Waals surface area contributed by atoms with Crippen LogP contribution in [0, 0.1) is 23.0 Å². The number of rotatable bonds is 1. The Morgan fingerprint density at radius 1 is 1.31 bits per heavy atom. The minimum absolute atomic E-state index is 0.0472. The summed E-state index contributed by atoms with van der Waals surface area (Å²) < 4.78 is 27.4. The zero-order valence-corrected chi connectivity index (χ0v) is 10.0. The Bertz CT molecular complexity index is 462. The quantitative estimate of drug-likeness (QED) is 0.742. The summed E-state index contributed by atoms with van der Waals surface area (Å²) in [6.45, 7) is 1.45. The first-order valence-corrected chi connectivity index (χ1v) is 5.77. The third-order valence-corrected chi connectivity index (χ3v) is 3.40. The van der Waals surface area contributed by atoms with Gasteiger partial charge in [-0.15, -0.1) is 0 Å². The van der Waals surface area contributed by atoms with Gasteiger partial charge in [0.2, 0.25) is 0 Å².